The highest BCUT2D eigenvalue weighted by atomic mass is 35.5. The molecule has 0 bridgehead atoms. The molecular weight excluding hydrogens is 751 g/mol. The third-order valence-corrected chi connectivity index (χ3v) is 11.0. The average molecular weight is 794 g/mol. The molecule has 52 heavy (non-hydrogen) atoms. The molecule has 6 rings (SSSR count). The maximum atomic E-state index is 13.4. The highest BCUT2D eigenvalue weighted by Gasteiger charge is 2.43. The van der Waals surface area contributed by atoms with Crippen LogP contribution in [-0.4, -0.2) is 128 Å². The molecule has 2 saturated heterocycles. The molecule has 0 saturated carbocycles. The normalized spacial score (nSPS) is 16.8. The second-order valence-electron chi connectivity index (χ2n) is 12.2. The lowest BCUT2D eigenvalue weighted by Crippen LogP contribution is -2.60. The Bertz CT molecular complexity index is 1680. The van der Waals surface area contributed by atoms with Gasteiger partial charge in [-0.3, -0.25) is 9.68 Å². The number of halogens is 2. The van der Waals surface area contributed by atoms with E-state index in [9.17, 15) is 9.59 Å². The quantitative estimate of drug-likeness (QED) is 0.0990. The zero-order chi connectivity index (χ0) is 36.6. The predicted molar refractivity (Wildman–Crippen MR) is 196 cm³/mol. The van der Waals surface area contributed by atoms with Crippen LogP contribution in [0, 0.1) is 0 Å². The van der Waals surface area contributed by atoms with Crippen molar-refractivity contribution in [2.75, 3.05) is 77.2 Å². The minimum absolute atomic E-state index is 0.0554. The lowest BCUT2D eigenvalue weighted by Gasteiger charge is -2.38. The second kappa shape index (κ2) is 17.7. The number of aromatic nitrogens is 6. The van der Waals surface area contributed by atoms with Gasteiger partial charge in [0, 0.05) is 22.9 Å². The van der Waals surface area contributed by atoms with Gasteiger partial charge in [-0.1, -0.05) is 60.6 Å². The van der Waals surface area contributed by atoms with Crippen molar-refractivity contribution in [1.82, 2.24) is 29.5 Å². The van der Waals surface area contributed by atoms with Crippen LogP contribution in [0.4, 0.5) is 0 Å². The number of hydrogen-bond acceptors (Lipinski definition) is 12. The van der Waals surface area contributed by atoms with Crippen molar-refractivity contribution >= 4 is 58.7 Å². The van der Waals surface area contributed by atoms with Crippen LogP contribution in [0.5, 0.6) is 0 Å². The molecule has 0 spiro atoms. The fourth-order valence-electron chi connectivity index (χ4n) is 5.91. The maximum Gasteiger partial charge on any atom is 0.480 e. The van der Waals surface area contributed by atoms with Gasteiger partial charge in [-0.2, -0.15) is 0 Å². The Labute approximate surface area is 320 Å². The number of nitrogens with zero attached hydrogens (tertiary/aromatic N) is 8. The van der Waals surface area contributed by atoms with E-state index >= 15 is 0 Å². The highest BCUT2D eigenvalue weighted by molar-refractivity contribution is 7.99. The van der Waals surface area contributed by atoms with Crippen molar-refractivity contribution in [3.63, 3.8) is 0 Å². The van der Waals surface area contributed by atoms with E-state index in [1.807, 2.05) is 71.7 Å². The highest BCUT2D eigenvalue weighted by Crippen LogP contribution is 2.24. The number of carbonyl (C=O) groups excluding carboxylic acids is 2. The molecule has 2 aliphatic heterocycles. The monoisotopic (exact) mass is 792 g/mol. The number of hydrogen-bond donors (Lipinski definition) is 0. The van der Waals surface area contributed by atoms with Gasteiger partial charge in [0.25, 0.3) is 0 Å². The van der Waals surface area contributed by atoms with E-state index < -0.39 is 11.9 Å². The number of aryl methyl sites for hydroxylation is 2. The Hall–Kier alpha value is -3.22. The molecule has 2 aliphatic rings. The van der Waals surface area contributed by atoms with Gasteiger partial charge >= 0.3 is 11.9 Å². The van der Waals surface area contributed by atoms with Crippen molar-refractivity contribution in [2.45, 2.75) is 37.0 Å². The van der Waals surface area contributed by atoms with E-state index in [-0.39, 0.29) is 9.29 Å². The van der Waals surface area contributed by atoms with Gasteiger partial charge in [0.1, 0.15) is 50.9 Å². The number of quaternary nitrogens is 2. The number of rotatable bonds is 14. The number of morpholine rings is 2. The summed E-state index contributed by atoms with van der Waals surface area (Å²) in [6.07, 6.45) is 1.40. The summed E-state index contributed by atoms with van der Waals surface area (Å²) in [5, 5.41) is 11.9. The van der Waals surface area contributed by atoms with Gasteiger partial charge in [0.2, 0.25) is 10.3 Å². The van der Waals surface area contributed by atoms with E-state index in [0.717, 1.165) is 23.0 Å². The molecule has 2 fully saturated rings. The van der Waals surface area contributed by atoms with Crippen molar-refractivity contribution in [3.8, 4) is 11.4 Å². The topological polar surface area (TPSA) is 132 Å². The van der Waals surface area contributed by atoms with Crippen LogP contribution in [0.1, 0.15) is 25.5 Å². The smallest absolute Gasteiger partial charge is 0.369 e. The van der Waals surface area contributed by atoms with Crippen LogP contribution in [0.2, 0.25) is 10.0 Å². The van der Waals surface area contributed by atoms with E-state index in [2.05, 4.69) is 0 Å². The van der Waals surface area contributed by atoms with Gasteiger partial charge in [0.05, 0.1) is 49.3 Å². The summed E-state index contributed by atoms with van der Waals surface area (Å²) < 4.78 is 14.7. The Balaban J connectivity index is 1.06. The SMILES string of the molecule is CCc1nc(SCC[N+]2(OC(=O)C(=O)O[N+]3(CCSc4nc(CC)n(-c5ccc(Cl)cc5)n4)CCOCC3)CCOCC2)nn1-c1ccc(Cl)cc1. The van der Waals surface area contributed by atoms with Gasteiger partial charge in [0.15, 0.2) is 0 Å². The third-order valence-electron chi connectivity index (χ3n) is 8.84. The zero-order valence-corrected chi connectivity index (χ0v) is 32.3. The third kappa shape index (κ3) is 9.65. The summed E-state index contributed by atoms with van der Waals surface area (Å²) in [6, 6.07) is 14.9. The lowest BCUT2D eigenvalue weighted by molar-refractivity contribution is -1.10. The van der Waals surface area contributed by atoms with Crippen molar-refractivity contribution in [1.29, 1.82) is 0 Å². The van der Waals surface area contributed by atoms with Crippen LogP contribution in [0.25, 0.3) is 11.4 Å². The number of ether oxygens (including phenoxy) is 2. The van der Waals surface area contributed by atoms with Crippen molar-refractivity contribution in [2.24, 2.45) is 0 Å². The first kappa shape index (κ1) is 38.5. The number of benzene rings is 2. The Kier molecular flexibility index (Phi) is 13.1. The molecule has 0 unspecified atom stereocenters. The number of hydroxylamine groups is 6. The molecule has 278 valence electrons. The van der Waals surface area contributed by atoms with E-state index in [4.69, 9.17) is 62.5 Å². The summed E-state index contributed by atoms with van der Waals surface area (Å²) >= 11 is 15.1. The van der Waals surface area contributed by atoms with Gasteiger partial charge < -0.3 is 9.47 Å². The average Bonchev–Trinajstić information content (AvgIpc) is 3.77. The van der Waals surface area contributed by atoms with Crippen molar-refractivity contribution < 1.29 is 38.0 Å². The predicted octanol–water partition coefficient (Wildman–Crippen LogP) is 4.77. The summed E-state index contributed by atoms with van der Waals surface area (Å²) in [4.78, 5) is 48.1. The molecule has 2 aromatic heterocycles. The first-order valence-corrected chi connectivity index (χ1v) is 20.0. The first-order chi connectivity index (χ1) is 25.2. The van der Waals surface area contributed by atoms with E-state index in [1.54, 1.807) is 0 Å². The molecule has 18 heteroatoms. The summed E-state index contributed by atoms with van der Waals surface area (Å²) in [5.41, 5.74) is 1.74. The molecule has 0 atom stereocenters. The summed E-state index contributed by atoms with van der Waals surface area (Å²) in [7, 11) is 0. The molecule has 14 nitrogen and oxygen atoms in total. The Morgan fingerprint density at radius 2 is 1.04 bits per heavy atom. The van der Waals surface area contributed by atoms with Crippen LogP contribution in [-0.2, 0) is 41.6 Å². The zero-order valence-electron chi connectivity index (χ0n) is 29.1. The molecule has 0 amide bonds. The standard InChI is InChI=1S/C34H42Cl2N8O6S2/c1-3-29-37-33(39-41(29)27-9-5-25(35)6-10-27)51-23-17-43(13-19-47-20-14-43)49-31(45)32(46)50-44(15-21-48-22-16-44)18-24-52-34-38-30(4-2)42(40-34)28-11-7-26(36)8-12-28/h5-12H,3-4,13-24H2,1-2H3/q+2. The minimum Gasteiger partial charge on any atom is -0.369 e. The van der Waals surface area contributed by atoms with E-state index in [0.29, 0.717) is 110 Å². The molecule has 0 radical (unpaired) electrons. The summed E-state index contributed by atoms with van der Waals surface area (Å²) in [6.45, 7) is 8.14. The van der Waals surface area contributed by atoms with E-state index in [1.165, 1.54) is 23.5 Å². The first-order valence-electron chi connectivity index (χ1n) is 17.2. The minimum atomic E-state index is -1.03. The van der Waals surface area contributed by atoms with Gasteiger partial charge in [-0.05, 0) is 48.5 Å². The molecule has 2 aromatic carbocycles. The largest absolute Gasteiger partial charge is 0.480 e. The molecule has 0 aliphatic carbocycles. The molecular formula is C34H42Cl2N8O6S2+2. The Morgan fingerprint density at radius 1 is 0.673 bits per heavy atom. The Morgan fingerprint density at radius 3 is 1.38 bits per heavy atom. The molecule has 4 heterocycles. The van der Waals surface area contributed by atoms with Crippen LogP contribution >= 0.6 is 46.7 Å². The maximum absolute atomic E-state index is 13.4. The van der Waals surface area contributed by atoms with Crippen LogP contribution < -0.4 is 0 Å². The summed E-state index contributed by atoms with van der Waals surface area (Å²) in [5.74, 6) is 0.680. The van der Waals surface area contributed by atoms with Gasteiger partial charge in [-0.25, -0.2) is 28.9 Å². The van der Waals surface area contributed by atoms with Crippen molar-refractivity contribution in [3.05, 3.63) is 70.2 Å². The van der Waals surface area contributed by atoms with Gasteiger partial charge in [-0.15, -0.1) is 19.5 Å². The number of carbonyl (C=O) groups is 2. The lowest BCUT2D eigenvalue weighted by atomic mass is 10.3. The molecule has 0 N–H and O–H groups in total. The van der Waals surface area contributed by atoms with Crippen LogP contribution in [0.15, 0.2) is 58.8 Å². The number of thioether (sulfide) groups is 2. The molecule has 4 aromatic rings. The fourth-order valence-corrected chi connectivity index (χ4v) is 7.99. The fraction of sp³-hybridized carbons (Fsp3) is 0.471. The second-order valence-corrected chi connectivity index (χ2v) is 15.2. The van der Waals surface area contributed by atoms with Crippen LogP contribution in [0.3, 0.4) is 0 Å².